The van der Waals surface area contributed by atoms with E-state index < -0.39 is 0 Å². The third-order valence-electron chi connectivity index (χ3n) is 4.54. The molecule has 0 atom stereocenters. The summed E-state index contributed by atoms with van der Waals surface area (Å²) in [4.78, 5) is 6.81. The van der Waals surface area contributed by atoms with Crippen LogP contribution in [0.15, 0.2) is 42.6 Å². The van der Waals surface area contributed by atoms with Gasteiger partial charge < -0.3 is 19.7 Å². The molecular formula is C19H22N6O2. The number of hydrogen-bond donors (Lipinski definition) is 1. The van der Waals surface area contributed by atoms with Crippen molar-refractivity contribution in [1.82, 2.24) is 19.7 Å². The lowest BCUT2D eigenvalue weighted by molar-refractivity contribution is 0.122. The molecule has 1 saturated heterocycles. The third-order valence-corrected chi connectivity index (χ3v) is 4.54. The zero-order chi connectivity index (χ0) is 18.6. The van der Waals surface area contributed by atoms with E-state index in [4.69, 9.17) is 9.47 Å². The molecule has 8 nitrogen and oxygen atoms in total. The number of pyridine rings is 1. The summed E-state index contributed by atoms with van der Waals surface area (Å²) in [5.41, 5.74) is 1.80. The topological polar surface area (TPSA) is 77.3 Å². The summed E-state index contributed by atoms with van der Waals surface area (Å²) in [5.74, 6) is 3.14. The number of benzene rings is 1. The molecule has 8 heteroatoms. The Morgan fingerprint density at radius 3 is 2.70 bits per heavy atom. The van der Waals surface area contributed by atoms with Gasteiger partial charge in [-0.25, -0.2) is 4.98 Å². The van der Waals surface area contributed by atoms with Crippen molar-refractivity contribution in [2.45, 2.75) is 0 Å². The molecule has 2 aromatic heterocycles. The molecule has 0 aliphatic carbocycles. The van der Waals surface area contributed by atoms with Gasteiger partial charge in [-0.2, -0.15) is 0 Å². The number of nitrogens with zero attached hydrogens (tertiary/aromatic N) is 5. The largest absolute Gasteiger partial charge is 0.497 e. The molecule has 1 N–H and O–H groups in total. The molecular weight excluding hydrogens is 344 g/mol. The van der Waals surface area contributed by atoms with E-state index in [1.54, 1.807) is 7.11 Å². The van der Waals surface area contributed by atoms with Crippen LogP contribution in [0.2, 0.25) is 0 Å². The average molecular weight is 366 g/mol. The summed E-state index contributed by atoms with van der Waals surface area (Å²) >= 11 is 0. The van der Waals surface area contributed by atoms with Crippen LogP contribution in [0.4, 0.5) is 17.5 Å². The average Bonchev–Trinajstić information content (AvgIpc) is 3.09. The van der Waals surface area contributed by atoms with Crippen molar-refractivity contribution in [3.8, 4) is 17.1 Å². The fourth-order valence-electron chi connectivity index (χ4n) is 3.02. The predicted molar refractivity (Wildman–Crippen MR) is 104 cm³/mol. The second-order valence-corrected chi connectivity index (χ2v) is 6.27. The number of ether oxygens (including phenoxy) is 2. The van der Waals surface area contributed by atoms with Gasteiger partial charge in [0, 0.05) is 43.7 Å². The van der Waals surface area contributed by atoms with Crippen LogP contribution in [-0.2, 0) is 11.8 Å². The number of methoxy groups -OCH3 is 1. The maximum absolute atomic E-state index is 5.39. The smallest absolute Gasteiger partial charge is 0.229 e. The van der Waals surface area contributed by atoms with Crippen LogP contribution in [0.3, 0.4) is 0 Å². The van der Waals surface area contributed by atoms with Crippen molar-refractivity contribution in [1.29, 1.82) is 0 Å². The van der Waals surface area contributed by atoms with Crippen molar-refractivity contribution in [3.05, 3.63) is 42.6 Å². The quantitative estimate of drug-likeness (QED) is 0.743. The van der Waals surface area contributed by atoms with E-state index in [0.717, 1.165) is 54.9 Å². The van der Waals surface area contributed by atoms with Gasteiger partial charge in [0.1, 0.15) is 11.6 Å². The maximum Gasteiger partial charge on any atom is 0.229 e. The van der Waals surface area contributed by atoms with E-state index in [1.165, 1.54) is 0 Å². The molecule has 1 aliphatic rings. The first-order chi connectivity index (χ1) is 13.2. The molecule has 0 saturated carbocycles. The Labute approximate surface area is 157 Å². The molecule has 140 valence electrons. The lowest BCUT2D eigenvalue weighted by atomic mass is 10.2. The fraction of sp³-hybridized carbons (Fsp3) is 0.316. The van der Waals surface area contributed by atoms with Gasteiger partial charge in [0.2, 0.25) is 5.95 Å². The van der Waals surface area contributed by atoms with Gasteiger partial charge in [-0.05, 0) is 24.3 Å². The highest BCUT2D eigenvalue weighted by molar-refractivity contribution is 5.62. The van der Waals surface area contributed by atoms with Gasteiger partial charge in [0.05, 0.1) is 20.3 Å². The predicted octanol–water partition coefficient (Wildman–Crippen LogP) is 2.47. The minimum Gasteiger partial charge on any atom is -0.497 e. The monoisotopic (exact) mass is 366 g/mol. The van der Waals surface area contributed by atoms with Gasteiger partial charge in [0.15, 0.2) is 5.82 Å². The number of nitrogens with one attached hydrogen (secondary N) is 1. The Morgan fingerprint density at radius 2 is 1.96 bits per heavy atom. The Balaban J connectivity index is 1.52. The molecule has 1 aromatic carbocycles. The van der Waals surface area contributed by atoms with Crippen molar-refractivity contribution in [2.24, 2.45) is 7.05 Å². The molecule has 0 bridgehead atoms. The lowest BCUT2D eigenvalue weighted by Gasteiger charge is -2.27. The molecule has 27 heavy (non-hydrogen) atoms. The van der Waals surface area contributed by atoms with Gasteiger partial charge in [-0.15, -0.1) is 10.2 Å². The van der Waals surface area contributed by atoms with Crippen LogP contribution in [-0.4, -0.2) is 53.2 Å². The van der Waals surface area contributed by atoms with Gasteiger partial charge in [-0.1, -0.05) is 6.07 Å². The van der Waals surface area contributed by atoms with E-state index in [0.29, 0.717) is 5.95 Å². The Bertz CT molecular complexity index is 903. The first-order valence-corrected chi connectivity index (χ1v) is 8.84. The number of rotatable bonds is 5. The fourth-order valence-corrected chi connectivity index (χ4v) is 3.02. The molecule has 0 amide bonds. The SMILES string of the molecule is COc1cccc(Nc2nnc(-c3ccc(N4CCOCC4)nc3)n2C)c1. The molecule has 0 radical (unpaired) electrons. The zero-order valence-electron chi connectivity index (χ0n) is 15.4. The van der Waals surface area contributed by atoms with Crippen LogP contribution in [0.25, 0.3) is 11.4 Å². The molecule has 3 heterocycles. The molecule has 0 unspecified atom stereocenters. The van der Waals surface area contributed by atoms with Gasteiger partial charge in [-0.3, -0.25) is 4.57 Å². The van der Waals surface area contributed by atoms with E-state index in [-0.39, 0.29) is 0 Å². The van der Waals surface area contributed by atoms with Crippen LogP contribution in [0.1, 0.15) is 0 Å². The second-order valence-electron chi connectivity index (χ2n) is 6.27. The van der Waals surface area contributed by atoms with E-state index in [1.807, 2.05) is 54.2 Å². The summed E-state index contributed by atoms with van der Waals surface area (Å²) in [6.07, 6.45) is 1.84. The number of aromatic nitrogens is 4. The van der Waals surface area contributed by atoms with Gasteiger partial charge in [0.25, 0.3) is 0 Å². The maximum atomic E-state index is 5.39. The summed E-state index contributed by atoms with van der Waals surface area (Å²) in [6.45, 7) is 3.22. The van der Waals surface area contributed by atoms with Crippen molar-refractivity contribution in [3.63, 3.8) is 0 Å². The van der Waals surface area contributed by atoms with Crippen LogP contribution >= 0.6 is 0 Å². The zero-order valence-corrected chi connectivity index (χ0v) is 15.4. The minimum absolute atomic E-state index is 0.649. The van der Waals surface area contributed by atoms with E-state index in [2.05, 4.69) is 25.4 Å². The normalized spacial score (nSPS) is 14.2. The second kappa shape index (κ2) is 7.63. The highest BCUT2D eigenvalue weighted by atomic mass is 16.5. The molecule has 3 aromatic rings. The molecule has 0 spiro atoms. The summed E-state index contributed by atoms with van der Waals surface area (Å²) in [7, 11) is 3.57. The lowest BCUT2D eigenvalue weighted by Crippen LogP contribution is -2.36. The van der Waals surface area contributed by atoms with Gasteiger partial charge >= 0.3 is 0 Å². The summed E-state index contributed by atoms with van der Waals surface area (Å²) in [6, 6.07) is 11.7. The number of anilines is 3. The number of morpholine rings is 1. The Morgan fingerprint density at radius 1 is 1.11 bits per heavy atom. The first-order valence-electron chi connectivity index (χ1n) is 8.84. The third kappa shape index (κ3) is 3.70. The first kappa shape index (κ1) is 17.3. The molecule has 4 rings (SSSR count). The van der Waals surface area contributed by atoms with E-state index >= 15 is 0 Å². The van der Waals surface area contributed by atoms with Crippen LogP contribution in [0.5, 0.6) is 5.75 Å². The summed E-state index contributed by atoms with van der Waals surface area (Å²) < 4.78 is 12.6. The highest BCUT2D eigenvalue weighted by Crippen LogP contribution is 2.24. The standard InChI is InChI=1S/C19H22N6O2/c1-24-18(14-6-7-17(20-13-14)25-8-10-27-11-9-25)22-23-19(24)21-15-4-3-5-16(12-15)26-2/h3-7,12-13H,8-11H2,1-2H3,(H,21,23). The van der Waals surface area contributed by atoms with Crippen molar-refractivity contribution in [2.75, 3.05) is 43.6 Å². The Hall–Kier alpha value is -3.13. The number of hydrogen-bond acceptors (Lipinski definition) is 7. The van der Waals surface area contributed by atoms with Crippen molar-refractivity contribution < 1.29 is 9.47 Å². The van der Waals surface area contributed by atoms with Crippen LogP contribution < -0.4 is 15.0 Å². The molecule has 1 aliphatic heterocycles. The van der Waals surface area contributed by atoms with Crippen molar-refractivity contribution >= 4 is 17.5 Å². The summed E-state index contributed by atoms with van der Waals surface area (Å²) in [5, 5.41) is 11.8. The van der Waals surface area contributed by atoms with Crippen LogP contribution in [0, 0.1) is 0 Å². The highest BCUT2D eigenvalue weighted by Gasteiger charge is 2.15. The Kier molecular flexibility index (Phi) is 4.88. The minimum atomic E-state index is 0.649. The van der Waals surface area contributed by atoms with E-state index in [9.17, 15) is 0 Å². The molecule has 1 fully saturated rings.